The van der Waals surface area contributed by atoms with Gasteiger partial charge in [0.15, 0.2) is 0 Å². The Bertz CT molecular complexity index is 707. The van der Waals surface area contributed by atoms with Crippen molar-refractivity contribution in [2.24, 2.45) is 0 Å². The molecular weight excluding hydrogens is 387 g/mol. The number of benzene rings is 1. The highest BCUT2D eigenvalue weighted by atomic mass is 79.9. The van der Waals surface area contributed by atoms with Crippen LogP contribution < -0.4 is 10.1 Å². The van der Waals surface area contributed by atoms with Crippen molar-refractivity contribution in [3.63, 3.8) is 0 Å². The molecule has 0 saturated carbocycles. The third-order valence-electron chi connectivity index (χ3n) is 3.46. The van der Waals surface area contributed by atoms with Crippen molar-refractivity contribution < 1.29 is 28.6 Å². The summed E-state index contributed by atoms with van der Waals surface area (Å²) in [6, 6.07) is 2.55. The van der Waals surface area contributed by atoms with E-state index in [1.807, 2.05) is 0 Å². The lowest BCUT2D eigenvalue weighted by Gasteiger charge is -2.16. The van der Waals surface area contributed by atoms with Crippen LogP contribution in [-0.2, 0) is 14.3 Å². The molecule has 0 aliphatic carbocycles. The molecule has 0 aromatic heterocycles. The minimum Gasteiger partial charge on any atom is -0.495 e. The van der Waals surface area contributed by atoms with Gasteiger partial charge in [-0.1, -0.05) is 0 Å². The van der Waals surface area contributed by atoms with Gasteiger partial charge >= 0.3 is 5.97 Å². The van der Waals surface area contributed by atoms with Crippen LogP contribution in [0.4, 0.5) is 10.1 Å². The van der Waals surface area contributed by atoms with Crippen molar-refractivity contribution >= 4 is 33.5 Å². The van der Waals surface area contributed by atoms with E-state index in [-0.39, 0.29) is 46.9 Å². The van der Waals surface area contributed by atoms with Crippen LogP contribution in [0.25, 0.3) is 0 Å². The highest BCUT2D eigenvalue weighted by Crippen LogP contribution is 2.33. The monoisotopic (exact) mass is 402 g/mol. The topological polar surface area (TPSA) is 88.1 Å². The number of β-amino-alcohol motifs (C(OH)–C–C–N with tert-alkyl or cyclic N) is 1. The number of hydrogen-bond donors (Lipinski definition) is 2. The second-order valence-electron chi connectivity index (χ2n) is 4.89. The average Bonchev–Trinajstić information content (AvgIpc) is 2.87. The molecule has 130 valence electrons. The Balaban J connectivity index is 2.42. The van der Waals surface area contributed by atoms with Crippen molar-refractivity contribution in [1.29, 1.82) is 0 Å². The molecule has 0 fully saturated rings. The molecule has 1 heterocycles. The molecule has 0 bridgehead atoms. The second kappa shape index (κ2) is 7.63. The third kappa shape index (κ3) is 3.51. The number of amides is 1. The number of hydrogen-bond acceptors (Lipinski definition) is 6. The first-order valence-electron chi connectivity index (χ1n) is 6.94. The van der Waals surface area contributed by atoms with Crippen LogP contribution in [0.5, 0.6) is 5.75 Å². The van der Waals surface area contributed by atoms with E-state index in [1.165, 1.54) is 25.2 Å². The number of carbonyl (C=O) groups is 2. The van der Waals surface area contributed by atoms with Crippen molar-refractivity contribution in [3.05, 3.63) is 33.7 Å². The summed E-state index contributed by atoms with van der Waals surface area (Å²) in [5, 5.41) is 11.8. The molecule has 0 atom stereocenters. The fourth-order valence-corrected chi connectivity index (χ4v) is 2.60. The molecule has 1 aliphatic rings. The Morgan fingerprint density at radius 2 is 2.17 bits per heavy atom. The molecule has 2 rings (SSSR count). The molecule has 1 aliphatic heterocycles. The van der Waals surface area contributed by atoms with Gasteiger partial charge < -0.3 is 24.8 Å². The summed E-state index contributed by atoms with van der Waals surface area (Å²) in [6.07, 6.45) is 0. The number of ether oxygens (including phenoxy) is 2. The van der Waals surface area contributed by atoms with Gasteiger partial charge in [0.05, 0.1) is 43.1 Å². The van der Waals surface area contributed by atoms with E-state index < -0.39 is 17.7 Å². The van der Waals surface area contributed by atoms with Gasteiger partial charge in [-0.15, -0.1) is 0 Å². The minimum absolute atomic E-state index is 0.00424. The van der Waals surface area contributed by atoms with Crippen molar-refractivity contribution in [2.45, 2.75) is 0 Å². The zero-order chi connectivity index (χ0) is 17.9. The van der Waals surface area contributed by atoms with Gasteiger partial charge in [0.2, 0.25) is 0 Å². The van der Waals surface area contributed by atoms with E-state index >= 15 is 0 Å². The summed E-state index contributed by atoms with van der Waals surface area (Å²) in [4.78, 5) is 25.6. The number of nitrogens with zero attached hydrogens (tertiary/aromatic N) is 1. The van der Waals surface area contributed by atoms with E-state index in [0.29, 0.717) is 0 Å². The third-order valence-corrected chi connectivity index (χ3v) is 4.06. The first-order chi connectivity index (χ1) is 11.4. The Morgan fingerprint density at radius 3 is 2.75 bits per heavy atom. The van der Waals surface area contributed by atoms with Crippen LogP contribution in [0, 0.1) is 5.82 Å². The summed E-state index contributed by atoms with van der Waals surface area (Å²) >= 11 is 3.05. The number of aliphatic hydroxyl groups excluding tert-OH is 1. The van der Waals surface area contributed by atoms with Gasteiger partial charge in [-0.05, 0) is 22.0 Å². The molecule has 1 aromatic rings. The summed E-state index contributed by atoms with van der Waals surface area (Å²) in [5.41, 5.74) is 0.255. The van der Waals surface area contributed by atoms with Crippen LogP contribution in [0.2, 0.25) is 0 Å². The highest BCUT2D eigenvalue weighted by molar-refractivity contribution is 9.10. The number of nitrogens with one attached hydrogen (secondary N) is 1. The Kier molecular flexibility index (Phi) is 5.79. The molecule has 24 heavy (non-hydrogen) atoms. The lowest BCUT2D eigenvalue weighted by Crippen LogP contribution is -2.31. The number of aliphatic hydroxyl groups is 1. The normalized spacial score (nSPS) is 14.2. The number of halogens is 2. The Hall–Kier alpha value is -2.13. The number of methoxy groups -OCH3 is 2. The van der Waals surface area contributed by atoms with Crippen molar-refractivity contribution in [2.75, 3.05) is 39.2 Å². The predicted molar refractivity (Wildman–Crippen MR) is 87.0 cm³/mol. The van der Waals surface area contributed by atoms with Crippen LogP contribution in [0.3, 0.4) is 0 Å². The summed E-state index contributed by atoms with van der Waals surface area (Å²) < 4.78 is 23.9. The molecule has 7 nitrogen and oxygen atoms in total. The molecule has 0 spiro atoms. The summed E-state index contributed by atoms with van der Waals surface area (Å²) in [6.45, 7) is -0.185. The zero-order valence-electron chi connectivity index (χ0n) is 13.1. The predicted octanol–water partition coefficient (Wildman–Crippen LogP) is 1.27. The lowest BCUT2D eigenvalue weighted by molar-refractivity contribution is -0.136. The standard InChI is InChI=1S/C15H16BrFN2O5/c1-23-12-5-9(16)10(17)6-11(12)18-13-8(15(22)24-2)7-19(3-4-20)14(13)21/h5-6,18,20H,3-4,7H2,1-2H3. The van der Waals surface area contributed by atoms with Crippen LogP contribution in [0.1, 0.15) is 0 Å². The van der Waals surface area contributed by atoms with E-state index in [1.54, 1.807) is 0 Å². The maximum Gasteiger partial charge on any atom is 0.337 e. The maximum absolute atomic E-state index is 13.8. The molecular formula is C15H16BrFN2O5. The van der Waals surface area contributed by atoms with Gasteiger partial charge in [-0.3, -0.25) is 4.79 Å². The van der Waals surface area contributed by atoms with Crippen molar-refractivity contribution in [1.82, 2.24) is 4.90 Å². The van der Waals surface area contributed by atoms with E-state index in [9.17, 15) is 14.0 Å². The van der Waals surface area contributed by atoms with Gasteiger partial charge in [-0.25, -0.2) is 9.18 Å². The van der Waals surface area contributed by atoms with Crippen LogP contribution >= 0.6 is 15.9 Å². The highest BCUT2D eigenvalue weighted by Gasteiger charge is 2.34. The number of carbonyl (C=O) groups excluding carboxylic acids is 2. The minimum atomic E-state index is -0.678. The molecule has 9 heteroatoms. The first-order valence-corrected chi connectivity index (χ1v) is 7.73. The van der Waals surface area contributed by atoms with Gasteiger partial charge in [-0.2, -0.15) is 0 Å². The molecule has 1 amide bonds. The van der Waals surface area contributed by atoms with Gasteiger partial charge in [0, 0.05) is 12.6 Å². The molecule has 2 N–H and O–H groups in total. The molecule has 1 aromatic carbocycles. The maximum atomic E-state index is 13.8. The lowest BCUT2D eigenvalue weighted by atomic mass is 10.2. The SMILES string of the molecule is COC(=O)C1=C(Nc2cc(F)c(Br)cc2OC)C(=O)N(CCO)C1. The Labute approximate surface area is 146 Å². The van der Waals surface area contributed by atoms with E-state index in [4.69, 9.17) is 9.84 Å². The number of esters is 1. The second-order valence-corrected chi connectivity index (χ2v) is 5.74. The van der Waals surface area contributed by atoms with Crippen molar-refractivity contribution in [3.8, 4) is 5.75 Å². The molecule has 0 unspecified atom stereocenters. The first kappa shape index (κ1) is 18.2. The smallest absolute Gasteiger partial charge is 0.337 e. The van der Waals surface area contributed by atoms with Crippen LogP contribution in [0.15, 0.2) is 27.9 Å². The van der Waals surface area contributed by atoms with Gasteiger partial charge in [0.1, 0.15) is 17.3 Å². The number of rotatable bonds is 6. The summed E-state index contributed by atoms with van der Waals surface area (Å²) in [7, 11) is 2.60. The fourth-order valence-electron chi connectivity index (χ4n) is 2.28. The fraction of sp³-hybridized carbons (Fsp3) is 0.333. The summed E-state index contributed by atoms with van der Waals surface area (Å²) in [5.74, 6) is -1.44. The molecule has 0 radical (unpaired) electrons. The molecule has 0 saturated heterocycles. The zero-order valence-corrected chi connectivity index (χ0v) is 14.6. The van der Waals surface area contributed by atoms with E-state index in [0.717, 1.165) is 6.07 Å². The van der Waals surface area contributed by atoms with Gasteiger partial charge in [0.25, 0.3) is 5.91 Å². The van der Waals surface area contributed by atoms with E-state index in [2.05, 4.69) is 26.0 Å². The quantitative estimate of drug-likeness (QED) is 0.696. The largest absolute Gasteiger partial charge is 0.495 e. The Morgan fingerprint density at radius 1 is 1.46 bits per heavy atom. The van der Waals surface area contributed by atoms with Crippen LogP contribution in [-0.4, -0.2) is 55.8 Å². The number of anilines is 1. The average molecular weight is 403 g/mol.